The minimum absolute atomic E-state index is 0.319. The Morgan fingerprint density at radius 1 is 1.19 bits per heavy atom. The molecule has 1 fully saturated rings. The first-order valence-electron chi connectivity index (χ1n) is 7.59. The lowest BCUT2D eigenvalue weighted by Crippen LogP contribution is -2.49. The van der Waals surface area contributed by atoms with Gasteiger partial charge in [0, 0.05) is 4.47 Å². The topological polar surface area (TPSA) is 38.3 Å². The Morgan fingerprint density at radius 2 is 1.81 bits per heavy atom. The number of amides is 1. The van der Waals surface area contributed by atoms with Crippen molar-refractivity contribution in [2.75, 3.05) is 0 Å². The molecule has 0 radical (unpaired) electrons. The average Bonchev–Trinajstić information content (AvgIpc) is 2.37. The molecule has 0 saturated heterocycles. The van der Waals surface area contributed by atoms with Gasteiger partial charge in [0.1, 0.15) is 5.60 Å². The second-order valence-corrected chi connectivity index (χ2v) is 7.60. The number of halogens is 1. The smallest absolute Gasteiger partial charge is 0.408 e. The molecule has 1 amide bonds. The van der Waals surface area contributed by atoms with Crippen LogP contribution in [-0.4, -0.2) is 11.7 Å². The van der Waals surface area contributed by atoms with Gasteiger partial charge in [0.05, 0.1) is 5.54 Å². The fourth-order valence-corrected chi connectivity index (χ4v) is 3.63. The maximum Gasteiger partial charge on any atom is 0.408 e. The predicted molar refractivity (Wildman–Crippen MR) is 88.3 cm³/mol. The van der Waals surface area contributed by atoms with Gasteiger partial charge in [-0.1, -0.05) is 53.4 Å². The minimum atomic E-state index is -0.478. The largest absolute Gasteiger partial charge is 0.444 e. The highest BCUT2D eigenvalue weighted by Crippen LogP contribution is 2.40. The zero-order valence-electron chi connectivity index (χ0n) is 13.0. The van der Waals surface area contributed by atoms with Crippen molar-refractivity contribution in [1.82, 2.24) is 5.32 Å². The molecule has 2 rings (SSSR count). The summed E-state index contributed by atoms with van der Waals surface area (Å²) >= 11 is 3.63. The maximum absolute atomic E-state index is 12.3. The van der Waals surface area contributed by atoms with Crippen LogP contribution < -0.4 is 5.32 Å². The molecule has 21 heavy (non-hydrogen) atoms. The van der Waals surface area contributed by atoms with Gasteiger partial charge in [-0.3, -0.25) is 0 Å². The molecule has 1 N–H and O–H groups in total. The summed E-state index contributed by atoms with van der Waals surface area (Å²) in [5.41, 5.74) is 0.352. The molecule has 0 aromatic heterocycles. The monoisotopic (exact) mass is 353 g/mol. The molecular weight excluding hydrogens is 330 g/mol. The van der Waals surface area contributed by atoms with Gasteiger partial charge < -0.3 is 10.1 Å². The minimum Gasteiger partial charge on any atom is -0.444 e. The summed E-state index contributed by atoms with van der Waals surface area (Å²) in [6, 6.07) is 8.14. The number of carbonyl (C=O) groups is 1. The van der Waals surface area contributed by atoms with Crippen molar-refractivity contribution in [2.45, 2.75) is 64.0 Å². The molecule has 1 aliphatic rings. The van der Waals surface area contributed by atoms with Crippen molar-refractivity contribution in [3.63, 3.8) is 0 Å². The molecule has 0 aliphatic heterocycles. The number of nitrogens with one attached hydrogen (secondary N) is 1. The molecular formula is C17H24BrNO2. The van der Waals surface area contributed by atoms with Crippen molar-refractivity contribution in [1.29, 1.82) is 0 Å². The third kappa shape index (κ3) is 4.22. The van der Waals surface area contributed by atoms with Gasteiger partial charge in [-0.25, -0.2) is 4.79 Å². The van der Waals surface area contributed by atoms with E-state index >= 15 is 0 Å². The van der Waals surface area contributed by atoms with Gasteiger partial charge in [-0.2, -0.15) is 0 Å². The highest BCUT2D eigenvalue weighted by atomic mass is 79.9. The number of alkyl carbamates (subject to hydrolysis) is 1. The van der Waals surface area contributed by atoms with Crippen LogP contribution in [0, 0.1) is 0 Å². The van der Waals surface area contributed by atoms with E-state index in [1.165, 1.54) is 6.42 Å². The van der Waals surface area contributed by atoms with E-state index in [1.54, 1.807) is 0 Å². The molecule has 0 bridgehead atoms. The predicted octanol–water partition coefficient (Wildman–Crippen LogP) is 5.13. The molecule has 1 aliphatic carbocycles. The Bertz CT molecular complexity index is 502. The number of hydrogen-bond acceptors (Lipinski definition) is 2. The fraction of sp³-hybridized carbons (Fsp3) is 0.588. The molecule has 1 aromatic rings. The van der Waals surface area contributed by atoms with Crippen LogP contribution in [0.1, 0.15) is 58.4 Å². The summed E-state index contributed by atoms with van der Waals surface area (Å²) < 4.78 is 6.51. The Balaban J connectivity index is 2.26. The Labute approximate surface area is 135 Å². The number of benzene rings is 1. The van der Waals surface area contributed by atoms with Crippen LogP contribution in [0.5, 0.6) is 0 Å². The van der Waals surface area contributed by atoms with E-state index in [4.69, 9.17) is 4.74 Å². The molecule has 3 nitrogen and oxygen atoms in total. The van der Waals surface area contributed by atoms with Gasteiger partial charge in [0.15, 0.2) is 0 Å². The first kappa shape index (κ1) is 16.3. The zero-order valence-corrected chi connectivity index (χ0v) is 14.6. The normalized spacial score (nSPS) is 18.1. The van der Waals surface area contributed by atoms with Gasteiger partial charge in [0.25, 0.3) is 0 Å². The van der Waals surface area contributed by atoms with Crippen molar-refractivity contribution in [2.24, 2.45) is 0 Å². The van der Waals surface area contributed by atoms with Crippen LogP contribution in [0.4, 0.5) is 4.79 Å². The van der Waals surface area contributed by atoms with E-state index in [0.29, 0.717) is 0 Å². The van der Waals surface area contributed by atoms with Crippen LogP contribution in [-0.2, 0) is 10.3 Å². The number of carbonyl (C=O) groups excluding carboxylic acids is 1. The third-order valence-corrected chi connectivity index (χ3v) is 4.53. The summed E-state index contributed by atoms with van der Waals surface area (Å²) in [7, 11) is 0. The number of rotatable bonds is 2. The second-order valence-electron chi connectivity index (χ2n) is 6.75. The molecule has 116 valence electrons. The Morgan fingerprint density at radius 3 is 2.38 bits per heavy atom. The van der Waals surface area contributed by atoms with Gasteiger partial charge in [-0.05, 0) is 45.2 Å². The van der Waals surface area contributed by atoms with E-state index in [2.05, 4.69) is 27.3 Å². The SMILES string of the molecule is CC(C)(C)OC(=O)NC1(c2ccccc2Br)CCCCC1. The highest BCUT2D eigenvalue weighted by Gasteiger charge is 2.37. The van der Waals surface area contributed by atoms with Crippen LogP contribution in [0.25, 0.3) is 0 Å². The first-order chi connectivity index (χ1) is 9.82. The molecule has 1 aromatic carbocycles. The van der Waals surface area contributed by atoms with Crippen molar-refractivity contribution >= 4 is 22.0 Å². The molecule has 0 heterocycles. The number of hydrogen-bond donors (Lipinski definition) is 1. The van der Waals surface area contributed by atoms with Crippen LogP contribution >= 0.6 is 15.9 Å². The van der Waals surface area contributed by atoms with E-state index < -0.39 is 5.60 Å². The first-order valence-corrected chi connectivity index (χ1v) is 8.38. The van der Waals surface area contributed by atoms with Crippen molar-refractivity contribution in [3.05, 3.63) is 34.3 Å². The van der Waals surface area contributed by atoms with Crippen LogP contribution in [0.15, 0.2) is 28.7 Å². The standard InChI is InChI=1S/C17H24BrNO2/c1-16(2,3)21-15(20)19-17(11-7-4-8-12-17)13-9-5-6-10-14(13)18/h5-6,9-10H,4,7-8,11-12H2,1-3H3,(H,19,20). The van der Waals surface area contributed by atoms with E-state index in [-0.39, 0.29) is 11.6 Å². The number of ether oxygens (including phenoxy) is 1. The van der Waals surface area contributed by atoms with E-state index in [1.807, 2.05) is 39.0 Å². The zero-order chi connectivity index (χ0) is 15.5. The van der Waals surface area contributed by atoms with Crippen molar-refractivity contribution < 1.29 is 9.53 Å². The summed E-state index contributed by atoms with van der Waals surface area (Å²) in [5, 5.41) is 3.15. The summed E-state index contributed by atoms with van der Waals surface area (Å²) in [4.78, 5) is 12.3. The lowest BCUT2D eigenvalue weighted by molar-refractivity contribution is 0.0419. The summed E-state index contributed by atoms with van der Waals surface area (Å²) in [6.45, 7) is 5.66. The molecule has 1 saturated carbocycles. The quantitative estimate of drug-likeness (QED) is 0.799. The van der Waals surface area contributed by atoms with E-state index in [0.717, 1.165) is 35.7 Å². The average molecular weight is 354 g/mol. The lowest BCUT2D eigenvalue weighted by atomic mass is 9.76. The van der Waals surface area contributed by atoms with Crippen LogP contribution in [0.3, 0.4) is 0 Å². The third-order valence-electron chi connectivity index (χ3n) is 3.84. The van der Waals surface area contributed by atoms with Gasteiger partial charge in [0.2, 0.25) is 0 Å². The van der Waals surface area contributed by atoms with Gasteiger partial charge >= 0.3 is 6.09 Å². The highest BCUT2D eigenvalue weighted by molar-refractivity contribution is 9.10. The lowest BCUT2D eigenvalue weighted by Gasteiger charge is -2.39. The Hall–Kier alpha value is -1.03. The molecule has 0 unspecified atom stereocenters. The van der Waals surface area contributed by atoms with Crippen LogP contribution in [0.2, 0.25) is 0 Å². The van der Waals surface area contributed by atoms with Gasteiger partial charge in [-0.15, -0.1) is 0 Å². The maximum atomic E-state index is 12.3. The summed E-state index contributed by atoms with van der Waals surface area (Å²) in [5.74, 6) is 0. The second kappa shape index (κ2) is 6.39. The van der Waals surface area contributed by atoms with E-state index in [9.17, 15) is 4.79 Å². The van der Waals surface area contributed by atoms with Crippen molar-refractivity contribution in [3.8, 4) is 0 Å². The fourth-order valence-electron chi connectivity index (χ4n) is 2.97. The molecule has 0 atom stereocenters. The summed E-state index contributed by atoms with van der Waals surface area (Å²) in [6.07, 6.45) is 5.04. The molecule has 0 spiro atoms. The Kier molecular flexibility index (Phi) is 4.97. The molecule has 4 heteroatoms.